The normalized spacial score (nSPS) is 16.6. The van der Waals surface area contributed by atoms with E-state index in [-0.39, 0.29) is 28.2 Å². The molecular formula is C21H22N2O5S. The molecule has 29 heavy (non-hydrogen) atoms. The molecule has 1 aliphatic rings. The van der Waals surface area contributed by atoms with Gasteiger partial charge in [-0.25, -0.2) is 4.79 Å². The number of anilines is 1. The number of aryl methyl sites for hydroxylation is 1. The molecule has 2 atom stereocenters. The molecule has 1 aromatic carbocycles. The van der Waals surface area contributed by atoms with Crippen LogP contribution in [0.15, 0.2) is 23.1 Å². The number of amides is 1. The summed E-state index contributed by atoms with van der Waals surface area (Å²) in [5.74, 6) is -1.35. The minimum Gasteiger partial charge on any atom is -0.451 e. The van der Waals surface area contributed by atoms with Crippen molar-refractivity contribution in [3.8, 4) is 0 Å². The van der Waals surface area contributed by atoms with Crippen LogP contribution in [0.25, 0.3) is 0 Å². The highest BCUT2D eigenvalue weighted by atomic mass is 32.2. The number of esters is 1. The summed E-state index contributed by atoms with van der Waals surface area (Å²) < 4.78 is 5.34. The van der Waals surface area contributed by atoms with Crippen molar-refractivity contribution in [2.75, 3.05) is 5.32 Å². The van der Waals surface area contributed by atoms with Gasteiger partial charge in [-0.05, 0) is 58.4 Å². The number of carbonyl (C=O) groups excluding carboxylic acids is 4. The Kier molecular flexibility index (Phi) is 5.66. The zero-order valence-electron chi connectivity index (χ0n) is 16.8. The van der Waals surface area contributed by atoms with Gasteiger partial charge in [-0.3, -0.25) is 14.4 Å². The van der Waals surface area contributed by atoms with Gasteiger partial charge in [-0.2, -0.15) is 0 Å². The van der Waals surface area contributed by atoms with E-state index < -0.39 is 17.9 Å². The van der Waals surface area contributed by atoms with E-state index in [4.69, 9.17) is 4.74 Å². The molecule has 0 aliphatic carbocycles. The molecule has 0 fully saturated rings. The molecule has 2 heterocycles. The molecule has 7 nitrogen and oxygen atoms in total. The minimum atomic E-state index is -1.04. The molecule has 0 saturated carbocycles. The zero-order valence-corrected chi connectivity index (χ0v) is 17.7. The van der Waals surface area contributed by atoms with Crippen LogP contribution in [0.4, 0.5) is 5.69 Å². The molecular weight excluding hydrogens is 392 g/mol. The molecule has 0 radical (unpaired) electrons. The van der Waals surface area contributed by atoms with Crippen molar-refractivity contribution in [1.29, 1.82) is 0 Å². The molecule has 152 valence electrons. The molecule has 0 saturated heterocycles. The SMILES string of the molecule is CC(=O)c1c(C)[nH]c(C(=O)[C@H](C)OC(=O)c2ccc3c(c2)NC(=O)[C@H](C)S3)c1C. The van der Waals surface area contributed by atoms with Crippen LogP contribution >= 0.6 is 11.8 Å². The lowest BCUT2D eigenvalue weighted by Gasteiger charge is -2.21. The summed E-state index contributed by atoms with van der Waals surface area (Å²) in [5.41, 5.74) is 2.68. The monoisotopic (exact) mass is 414 g/mol. The van der Waals surface area contributed by atoms with Gasteiger partial charge in [0, 0.05) is 16.2 Å². The van der Waals surface area contributed by atoms with E-state index in [1.54, 1.807) is 39.0 Å². The van der Waals surface area contributed by atoms with Crippen molar-refractivity contribution in [3.05, 3.63) is 46.3 Å². The topological polar surface area (TPSA) is 105 Å². The highest BCUT2D eigenvalue weighted by molar-refractivity contribution is 8.00. The average molecular weight is 414 g/mol. The summed E-state index contributed by atoms with van der Waals surface area (Å²) in [6.07, 6.45) is -1.04. The number of H-pyrrole nitrogens is 1. The number of carbonyl (C=O) groups is 4. The van der Waals surface area contributed by atoms with Gasteiger partial charge in [0.25, 0.3) is 0 Å². The number of ketones is 2. The van der Waals surface area contributed by atoms with Crippen molar-refractivity contribution in [2.45, 2.75) is 50.9 Å². The van der Waals surface area contributed by atoms with Gasteiger partial charge in [0.15, 0.2) is 11.9 Å². The largest absolute Gasteiger partial charge is 0.451 e. The highest BCUT2D eigenvalue weighted by Gasteiger charge is 2.28. The number of thioether (sulfide) groups is 1. The molecule has 1 amide bonds. The maximum atomic E-state index is 12.8. The molecule has 2 aromatic rings. The van der Waals surface area contributed by atoms with Crippen LogP contribution in [0.1, 0.15) is 63.2 Å². The van der Waals surface area contributed by atoms with Gasteiger partial charge >= 0.3 is 5.97 Å². The van der Waals surface area contributed by atoms with Crippen LogP contribution in [0.5, 0.6) is 0 Å². The Morgan fingerprint density at radius 1 is 1.21 bits per heavy atom. The zero-order chi connectivity index (χ0) is 21.5. The summed E-state index contributed by atoms with van der Waals surface area (Å²) in [6.45, 7) is 8.14. The number of aromatic amines is 1. The maximum Gasteiger partial charge on any atom is 0.338 e. The number of aromatic nitrogens is 1. The van der Waals surface area contributed by atoms with Crippen LogP contribution in [0, 0.1) is 13.8 Å². The van der Waals surface area contributed by atoms with Gasteiger partial charge in [0.1, 0.15) is 0 Å². The van der Waals surface area contributed by atoms with E-state index in [1.165, 1.54) is 25.6 Å². The first-order valence-electron chi connectivity index (χ1n) is 9.17. The first kappa shape index (κ1) is 20.9. The lowest BCUT2D eigenvalue weighted by Crippen LogP contribution is -2.27. The lowest BCUT2D eigenvalue weighted by molar-refractivity contribution is -0.115. The summed E-state index contributed by atoms with van der Waals surface area (Å²) in [4.78, 5) is 52.7. The quantitative estimate of drug-likeness (QED) is 0.571. The van der Waals surface area contributed by atoms with Crippen molar-refractivity contribution in [1.82, 2.24) is 4.98 Å². The van der Waals surface area contributed by atoms with Crippen LogP contribution in [0.3, 0.4) is 0 Å². The first-order valence-corrected chi connectivity index (χ1v) is 10.0. The first-order chi connectivity index (χ1) is 13.6. The van der Waals surface area contributed by atoms with E-state index in [0.717, 1.165) is 4.90 Å². The van der Waals surface area contributed by atoms with Crippen LogP contribution < -0.4 is 5.32 Å². The molecule has 3 rings (SSSR count). The summed E-state index contributed by atoms with van der Waals surface area (Å²) >= 11 is 1.41. The average Bonchev–Trinajstić information content (AvgIpc) is 2.95. The molecule has 8 heteroatoms. The van der Waals surface area contributed by atoms with E-state index in [1.807, 2.05) is 0 Å². The number of hydrogen-bond donors (Lipinski definition) is 2. The Morgan fingerprint density at radius 3 is 2.52 bits per heavy atom. The third-order valence-corrected chi connectivity index (χ3v) is 6.01. The number of benzene rings is 1. The lowest BCUT2D eigenvalue weighted by atomic mass is 10.0. The molecule has 0 spiro atoms. The fourth-order valence-electron chi connectivity index (χ4n) is 3.35. The third-order valence-electron chi connectivity index (χ3n) is 4.84. The molecule has 1 aromatic heterocycles. The Bertz CT molecular complexity index is 1040. The van der Waals surface area contributed by atoms with Crippen molar-refractivity contribution in [2.24, 2.45) is 0 Å². The number of fused-ring (bicyclic) bond motifs is 1. The van der Waals surface area contributed by atoms with E-state index >= 15 is 0 Å². The highest BCUT2D eigenvalue weighted by Crippen LogP contribution is 2.36. The van der Waals surface area contributed by atoms with Crippen molar-refractivity contribution in [3.63, 3.8) is 0 Å². The van der Waals surface area contributed by atoms with Gasteiger partial charge in [0.2, 0.25) is 11.7 Å². The molecule has 2 N–H and O–H groups in total. The van der Waals surface area contributed by atoms with Gasteiger partial charge in [-0.15, -0.1) is 11.8 Å². The summed E-state index contributed by atoms with van der Waals surface area (Å²) in [6, 6.07) is 4.90. The third kappa shape index (κ3) is 3.98. The number of ether oxygens (including phenoxy) is 1. The number of hydrogen-bond acceptors (Lipinski definition) is 6. The smallest absolute Gasteiger partial charge is 0.338 e. The van der Waals surface area contributed by atoms with E-state index in [0.29, 0.717) is 22.5 Å². The van der Waals surface area contributed by atoms with Gasteiger partial charge in [-0.1, -0.05) is 0 Å². The van der Waals surface area contributed by atoms with E-state index in [9.17, 15) is 19.2 Å². The van der Waals surface area contributed by atoms with E-state index in [2.05, 4.69) is 10.3 Å². The maximum absolute atomic E-state index is 12.8. The van der Waals surface area contributed by atoms with Crippen LogP contribution in [-0.4, -0.2) is 39.8 Å². The number of nitrogens with one attached hydrogen (secondary N) is 2. The summed E-state index contributed by atoms with van der Waals surface area (Å²) in [5, 5.41) is 2.56. The molecule has 0 unspecified atom stereocenters. The van der Waals surface area contributed by atoms with Crippen molar-refractivity contribution < 1.29 is 23.9 Å². The fourth-order valence-corrected chi connectivity index (χ4v) is 4.28. The Balaban J connectivity index is 1.77. The van der Waals surface area contributed by atoms with Gasteiger partial charge in [0.05, 0.1) is 22.2 Å². The van der Waals surface area contributed by atoms with Crippen molar-refractivity contribution >= 4 is 40.9 Å². The van der Waals surface area contributed by atoms with Gasteiger partial charge < -0.3 is 15.0 Å². The summed E-state index contributed by atoms with van der Waals surface area (Å²) in [7, 11) is 0. The van der Waals surface area contributed by atoms with Crippen LogP contribution in [-0.2, 0) is 9.53 Å². The number of Topliss-reactive ketones (excluding diaryl/α,β-unsaturated/α-hetero) is 2. The second-order valence-corrected chi connectivity index (χ2v) is 8.44. The molecule has 0 bridgehead atoms. The predicted octanol–water partition coefficient (Wildman–Crippen LogP) is 3.70. The number of rotatable bonds is 5. The Morgan fingerprint density at radius 2 is 1.90 bits per heavy atom. The Labute approximate surface area is 172 Å². The minimum absolute atomic E-state index is 0.129. The Hall–Kier alpha value is -2.87. The van der Waals surface area contributed by atoms with Crippen LogP contribution in [0.2, 0.25) is 0 Å². The molecule has 1 aliphatic heterocycles. The second kappa shape index (κ2) is 7.87. The fraction of sp³-hybridized carbons (Fsp3) is 0.333. The predicted molar refractivity (Wildman–Crippen MR) is 110 cm³/mol. The standard InChI is InChI=1S/C21H22N2O5S/c1-9-17(11(3)24)10(2)22-18(9)19(25)12(4)28-21(27)14-6-7-16-15(8-14)23-20(26)13(5)29-16/h6-8,12-13,22H,1-5H3,(H,23,26)/t12-,13-/m0/s1. The second-order valence-electron chi connectivity index (χ2n) is 7.05.